The summed E-state index contributed by atoms with van der Waals surface area (Å²) in [5, 5.41) is 16.5. The van der Waals surface area contributed by atoms with Gasteiger partial charge >= 0.3 is 6.18 Å². The average Bonchev–Trinajstić information content (AvgIpc) is 2.76. The second kappa shape index (κ2) is 5.56. The maximum absolute atomic E-state index is 12.6. The lowest BCUT2D eigenvalue weighted by atomic mass is 10.1. The Morgan fingerprint density at radius 3 is 2.35 bits per heavy atom. The lowest BCUT2D eigenvalue weighted by Gasteiger charge is -2.11. The van der Waals surface area contributed by atoms with Gasteiger partial charge in [-0.3, -0.25) is 5.10 Å². The minimum Gasteiger partial charge on any atom is -0.277 e. The van der Waals surface area contributed by atoms with E-state index in [4.69, 9.17) is 28.5 Å². The van der Waals surface area contributed by atoms with E-state index in [9.17, 15) is 13.2 Å². The molecule has 0 unspecified atom stereocenters. The van der Waals surface area contributed by atoms with Crippen LogP contribution < -0.4 is 0 Å². The Morgan fingerprint density at radius 2 is 1.85 bits per heavy atom. The van der Waals surface area contributed by atoms with Crippen molar-refractivity contribution in [2.45, 2.75) is 11.1 Å². The number of rotatable bonds is 2. The summed E-state index contributed by atoms with van der Waals surface area (Å²) in [7, 11) is 0. The Kier molecular flexibility index (Phi) is 4.18. The highest BCUT2D eigenvalue weighted by molar-refractivity contribution is 8.03. The molecule has 0 aliphatic heterocycles. The molecule has 0 radical (unpaired) electrons. The fourth-order valence-electron chi connectivity index (χ4n) is 1.56. The minimum absolute atomic E-state index is 0.172. The molecule has 9 heteroatoms. The summed E-state index contributed by atoms with van der Waals surface area (Å²) in [5.74, 6) is 0. The van der Waals surface area contributed by atoms with Crippen LogP contribution in [0.5, 0.6) is 0 Å². The maximum atomic E-state index is 12.6. The number of nitriles is 1. The second-order valence-corrected chi connectivity index (χ2v) is 5.26. The van der Waals surface area contributed by atoms with E-state index in [1.807, 2.05) is 5.40 Å². The fraction of sp³-hybridized carbons (Fsp3) is 0.0909. The van der Waals surface area contributed by atoms with Crippen molar-refractivity contribution in [2.75, 3.05) is 0 Å². The average molecular weight is 338 g/mol. The first-order valence-corrected chi connectivity index (χ1v) is 6.57. The summed E-state index contributed by atoms with van der Waals surface area (Å²) < 4.78 is 37.9. The monoisotopic (exact) mass is 337 g/mol. The number of halogens is 5. The molecule has 1 heterocycles. The molecule has 0 spiro atoms. The van der Waals surface area contributed by atoms with Gasteiger partial charge in [-0.2, -0.15) is 23.5 Å². The van der Waals surface area contributed by atoms with Crippen molar-refractivity contribution in [3.8, 4) is 16.7 Å². The molecular formula is C11H4Cl2F3N3S. The van der Waals surface area contributed by atoms with Crippen molar-refractivity contribution < 1.29 is 13.2 Å². The van der Waals surface area contributed by atoms with Gasteiger partial charge < -0.3 is 0 Å². The van der Waals surface area contributed by atoms with Gasteiger partial charge in [0.05, 0.1) is 32.4 Å². The van der Waals surface area contributed by atoms with E-state index in [0.29, 0.717) is 10.6 Å². The minimum atomic E-state index is -4.54. The van der Waals surface area contributed by atoms with Crippen LogP contribution in [0.4, 0.5) is 13.2 Å². The molecule has 0 atom stereocenters. The molecule has 2 rings (SSSR count). The summed E-state index contributed by atoms with van der Waals surface area (Å²) in [4.78, 5) is 0.427. The predicted octanol–water partition coefficient (Wildman–Crippen LogP) is 4.98. The Hall–Kier alpha value is -1.36. The van der Waals surface area contributed by atoms with Gasteiger partial charge in [-0.1, -0.05) is 23.2 Å². The van der Waals surface area contributed by atoms with Crippen LogP contribution in [0.25, 0.3) is 11.3 Å². The van der Waals surface area contributed by atoms with Gasteiger partial charge in [0.2, 0.25) is 0 Å². The normalized spacial score (nSPS) is 11.4. The molecule has 0 saturated heterocycles. The van der Waals surface area contributed by atoms with E-state index >= 15 is 0 Å². The number of hydrogen-bond acceptors (Lipinski definition) is 3. The van der Waals surface area contributed by atoms with Crippen LogP contribution in [-0.2, 0) is 6.18 Å². The molecule has 0 amide bonds. The third-order valence-electron chi connectivity index (χ3n) is 2.38. The number of H-pyrrole nitrogens is 1. The Bertz CT molecular complexity index is 668. The fourth-order valence-corrected chi connectivity index (χ4v) is 2.69. The van der Waals surface area contributed by atoms with Gasteiger partial charge in [-0.25, -0.2) is 0 Å². The van der Waals surface area contributed by atoms with Gasteiger partial charge in [-0.15, -0.1) is 0 Å². The van der Waals surface area contributed by atoms with E-state index in [1.165, 1.54) is 6.20 Å². The zero-order valence-corrected chi connectivity index (χ0v) is 11.8. The first kappa shape index (κ1) is 15.0. The highest BCUT2D eigenvalue weighted by Gasteiger charge is 2.32. The standard InChI is InChI=1S/C11H4Cl2F3N3S/c12-6-1-5(11(14,15)16)2-7(13)9(6)10-8(20-4-17)3-18-19-10/h1-3H,(H,18,19). The Balaban J connectivity index is 2.59. The lowest BCUT2D eigenvalue weighted by Crippen LogP contribution is -2.05. The summed E-state index contributed by atoms with van der Waals surface area (Å²) >= 11 is 12.6. The van der Waals surface area contributed by atoms with E-state index in [2.05, 4.69) is 10.2 Å². The predicted molar refractivity (Wildman–Crippen MR) is 70.5 cm³/mol. The van der Waals surface area contributed by atoms with Crippen molar-refractivity contribution in [3.05, 3.63) is 33.9 Å². The summed E-state index contributed by atoms with van der Waals surface area (Å²) in [6.45, 7) is 0. The molecule has 0 saturated carbocycles. The number of aromatic amines is 1. The first-order chi connectivity index (χ1) is 9.34. The maximum Gasteiger partial charge on any atom is 0.416 e. The lowest BCUT2D eigenvalue weighted by molar-refractivity contribution is -0.137. The van der Waals surface area contributed by atoms with Crippen molar-refractivity contribution in [2.24, 2.45) is 0 Å². The molecular weight excluding hydrogens is 334 g/mol. The van der Waals surface area contributed by atoms with Crippen LogP contribution in [0.1, 0.15) is 5.56 Å². The van der Waals surface area contributed by atoms with Crippen molar-refractivity contribution in [1.82, 2.24) is 10.2 Å². The Morgan fingerprint density at radius 1 is 1.25 bits per heavy atom. The van der Waals surface area contributed by atoms with Crippen LogP contribution >= 0.6 is 35.0 Å². The number of thiocyanates is 1. The molecule has 3 nitrogen and oxygen atoms in total. The van der Waals surface area contributed by atoms with E-state index in [0.717, 1.165) is 23.9 Å². The Labute approximate surface area is 125 Å². The number of hydrogen-bond donors (Lipinski definition) is 1. The number of aromatic nitrogens is 2. The highest BCUT2D eigenvalue weighted by Crippen LogP contribution is 2.42. The largest absolute Gasteiger partial charge is 0.416 e. The number of alkyl halides is 3. The van der Waals surface area contributed by atoms with Gasteiger partial charge in [0.1, 0.15) is 5.40 Å². The summed E-state index contributed by atoms with van der Waals surface area (Å²) in [6.07, 6.45) is -3.17. The molecule has 0 aliphatic rings. The molecule has 1 aromatic heterocycles. The van der Waals surface area contributed by atoms with Crippen LogP contribution in [0.15, 0.2) is 23.2 Å². The van der Waals surface area contributed by atoms with Crippen molar-refractivity contribution in [3.63, 3.8) is 0 Å². The third kappa shape index (κ3) is 2.87. The quantitative estimate of drug-likeness (QED) is 0.621. The highest BCUT2D eigenvalue weighted by atomic mass is 35.5. The van der Waals surface area contributed by atoms with Crippen LogP contribution in [-0.4, -0.2) is 10.2 Å². The summed E-state index contributed by atoms with van der Waals surface area (Å²) in [6, 6.07) is 1.56. The van der Waals surface area contributed by atoms with Crippen LogP contribution in [0.3, 0.4) is 0 Å². The SMILES string of the molecule is N#CSc1cn[nH]c1-c1c(Cl)cc(C(F)(F)F)cc1Cl. The third-order valence-corrected chi connectivity index (χ3v) is 3.60. The molecule has 2 aromatic rings. The zero-order valence-electron chi connectivity index (χ0n) is 9.42. The first-order valence-electron chi connectivity index (χ1n) is 5.00. The van der Waals surface area contributed by atoms with Gasteiger partial charge in [0.25, 0.3) is 0 Å². The number of benzene rings is 1. The molecule has 1 aromatic carbocycles. The van der Waals surface area contributed by atoms with Gasteiger partial charge in [-0.05, 0) is 23.9 Å². The van der Waals surface area contributed by atoms with Crippen LogP contribution in [0, 0.1) is 10.7 Å². The molecule has 0 aliphatic carbocycles. The van der Waals surface area contributed by atoms with E-state index < -0.39 is 11.7 Å². The van der Waals surface area contributed by atoms with Crippen molar-refractivity contribution in [1.29, 1.82) is 5.26 Å². The van der Waals surface area contributed by atoms with Gasteiger partial charge in [0.15, 0.2) is 0 Å². The number of nitrogens with zero attached hydrogens (tertiary/aromatic N) is 2. The van der Waals surface area contributed by atoms with Gasteiger partial charge in [0, 0.05) is 5.56 Å². The zero-order chi connectivity index (χ0) is 14.9. The topological polar surface area (TPSA) is 52.5 Å². The molecule has 1 N–H and O–H groups in total. The smallest absolute Gasteiger partial charge is 0.277 e. The van der Waals surface area contributed by atoms with E-state index in [1.54, 1.807) is 0 Å². The number of nitrogens with one attached hydrogen (secondary N) is 1. The number of thioether (sulfide) groups is 1. The molecule has 104 valence electrons. The second-order valence-electron chi connectivity index (χ2n) is 3.62. The molecule has 20 heavy (non-hydrogen) atoms. The summed E-state index contributed by atoms with van der Waals surface area (Å²) in [5.41, 5.74) is -0.456. The van der Waals surface area contributed by atoms with Crippen LogP contribution in [0.2, 0.25) is 10.0 Å². The van der Waals surface area contributed by atoms with Crippen molar-refractivity contribution >= 4 is 35.0 Å². The molecule has 0 fully saturated rings. The van der Waals surface area contributed by atoms with E-state index in [-0.39, 0.29) is 15.6 Å². The molecule has 0 bridgehead atoms.